The molecule has 152 valence electrons. The van der Waals surface area contributed by atoms with E-state index < -0.39 is 5.79 Å². The van der Waals surface area contributed by atoms with Gasteiger partial charge in [-0.05, 0) is 44.4 Å². The summed E-state index contributed by atoms with van der Waals surface area (Å²) in [5.74, 6) is 0.967. The minimum atomic E-state index is -1.07. The predicted octanol–water partition coefficient (Wildman–Crippen LogP) is 5.23. The molecule has 0 spiro atoms. The molecular weight excluding hydrogens is 328 g/mol. The molecule has 0 aromatic rings. The van der Waals surface area contributed by atoms with Crippen LogP contribution in [0.5, 0.6) is 0 Å². The summed E-state index contributed by atoms with van der Waals surface area (Å²) in [5.41, 5.74) is 0. The molecular formula is C22H40O4. The highest BCUT2D eigenvalue weighted by atomic mass is 16.8. The fourth-order valence-electron chi connectivity index (χ4n) is 5.41. The molecule has 3 fully saturated rings. The SMILES string of the molecule is CCCCCCCCOC1OC2OC(C)(O)CCC3CCCC(C1C)C32. The van der Waals surface area contributed by atoms with Crippen LogP contribution in [0.15, 0.2) is 0 Å². The van der Waals surface area contributed by atoms with Crippen molar-refractivity contribution in [2.75, 3.05) is 6.61 Å². The molecule has 1 saturated carbocycles. The first kappa shape index (κ1) is 20.6. The van der Waals surface area contributed by atoms with E-state index in [1.165, 1.54) is 51.4 Å². The van der Waals surface area contributed by atoms with E-state index >= 15 is 0 Å². The van der Waals surface area contributed by atoms with E-state index in [1.807, 2.05) is 0 Å². The van der Waals surface area contributed by atoms with Crippen LogP contribution in [0.2, 0.25) is 0 Å². The Balaban J connectivity index is 1.54. The van der Waals surface area contributed by atoms with Crippen LogP contribution in [-0.2, 0) is 14.2 Å². The highest BCUT2D eigenvalue weighted by Crippen LogP contribution is 2.51. The molecule has 7 unspecified atom stereocenters. The zero-order valence-corrected chi connectivity index (χ0v) is 17.1. The van der Waals surface area contributed by atoms with Crippen LogP contribution in [0, 0.1) is 23.7 Å². The van der Waals surface area contributed by atoms with E-state index in [4.69, 9.17) is 14.2 Å². The summed E-state index contributed by atoms with van der Waals surface area (Å²) in [7, 11) is 0. The summed E-state index contributed by atoms with van der Waals surface area (Å²) < 4.78 is 18.5. The first-order valence-corrected chi connectivity index (χ1v) is 11.2. The van der Waals surface area contributed by atoms with Gasteiger partial charge in [0.15, 0.2) is 18.4 Å². The molecule has 4 heteroatoms. The maximum absolute atomic E-state index is 10.5. The molecule has 2 saturated heterocycles. The van der Waals surface area contributed by atoms with Gasteiger partial charge in [-0.2, -0.15) is 0 Å². The second-order valence-electron chi connectivity index (χ2n) is 9.13. The number of hydrogen-bond acceptors (Lipinski definition) is 4. The summed E-state index contributed by atoms with van der Waals surface area (Å²) in [6.07, 6.45) is 12.6. The third kappa shape index (κ3) is 5.01. The topological polar surface area (TPSA) is 47.9 Å². The third-order valence-electron chi connectivity index (χ3n) is 6.97. The Labute approximate surface area is 160 Å². The van der Waals surface area contributed by atoms with Crippen molar-refractivity contribution >= 4 is 0 Å². The number of unbranched alkanes of at least 4 members (excludes halogenated alkanes) is 5. The monoisotopic (exact) mass is 368 g/mol. The van der Waals surface area contributed by atoms with Gasteiger partial charge in [0, 0.05) is 24.9 Å². The molecule has 3 aliphatic rings. The Morgan fingerprint density at radius 2 is 1.85 bits per heavy atom. The summed E-state index contributed by atoms with van der Waals surface area (Å²) in [5, 5.41) is 10.5. The second-order valence-corrected chi connectivity index (χ2v) is 9.13. The molecule has 7 atom stereocenters. The van der Waals surface area contributed by atoms with E-state index in [2.05, 4.69) is 13.8 Å². The van der Waals surface area contributed by atoms with E-state index in [0.717, 1.165) is 19.4 Å². The highest BCUT2D eigenvalue weighted by Gasteiger charge is 2.52. The maximum atomic E-state index is 10.5. The molecule has 4 nitrogen and oxygen atoms in total. The number of rotatable bonds is 8. The van der Waals surface area contributed by atoms with Gasteiger partial charge < -0.3 is 19.3 Å². The average Bonchev–Trinajstić information content (AvgIpc) is 2.75. The van der Waals surface area contributed by atoms with Crippen molar-refractivity contribution < 1.29 is 19.3 Å². The fraction of sp³-hybridized carbons (Fsp3) is 1.00. The lowest BCUT2D eigenvalue weighted by Gasteiger charge is -2.50. The quantitative estimate of drug-likeness (QED) is 0.596. The van der Waals surface area contributed by atoms with Gasteiger partial charge in [0.1, 0.15) is 0 Å². The standard InChI is InChI=1S/C22H40O4/c1-4-5-6-7-8-9-15-24-20-16(2)18-12-10-11-17-13-14-22(3,23)26-21(25-20)19(17)18/h16-21,23H,4-15H2,1-3H3. The van der Waals surface area contributed by atoms with Crippen molar-refractivity contribution in [2.24, 2.45) is 23.7 Å². The largest absolute Gasteiger partial charge is 0.366 e. The minimum Gasteiger partial charge on any atom is -0.366 e. The van der Waals surface area contributed by atoms with Crippen LogP contribution >= 0.6 is 0 Å². The Hall–Kier alpha value is -0.160. The van der Waals surface area contributed by atoms with Crippen molar-refractivity contribution in [3.8, 4) is 0 Å². The molecule has 2 heterocycles. The normalized spacial score (nSPS) is 42.9. The van der Waals surface area contributed by atoms with Crippen LogP contribution in [0.3, 0.4) is 0 Å². The average molecular weight is 369 g/mol. The molecule has 1 aliphatic carbocycles. The molecule has 1 N–H and O–H groups in total. The molecule has 0 aromatic heterocycles. The van der Waals surface area contributed by atoms with E-state index in [-0.39, 0.29) is 12.6 Å². The van der Waals surface area contributed by atoms with Gasteiger partial charge >= 0.3 is 0 Å². The van der Waals surface area contributed by atoms with Crippen molar-refractivity contribution in [3.63, 3.8) is 0 Å². The van der Waals surface area contributed by atoms with Crippen molar-refractivity contribution in [1.82, 2.24) is 0 Å². The van der Waals surface area contributed by atoms with Gasteiger partial charge in [-0.25, -0.2) is 0 Å². The smallest absolute Gasteiger partial charge is 0.167 e. The lowest BCUT2D eigenvalue weighted by Crippen LogP contribution is -2.53. The molecule has 26 heavy (non-hydrogen) atoms. The number of aliphatic hydroxyl groups is 1. The van der Waals surface area contributed by atoms with E-state index in [9.17, 15) is 5.11 Å². The summed E-state index contributed by atoms with van der Waals surface area (Å²) in [6.45, 7) is 7.09. The molecule has 0 bridgehead atoms. The van der Waals surface area contributed by atoms with Gasteiger partial charge in [-0.1, -0.05) is 52.4 Å². The fourth-order valence-corrected chi connectivity index (χ4v) is 5.41. The van der Waals surface area contributed by atoms with E-state index in [1.54, 1.807) is 6.92 Å². The van der Waals surface area contributed by atoms with Crippen molar-refractivity contribution in [2.45, 2.75) is 110 Å². The molecule has 2 aliphatic heterocycles. The van der Waals surface area contributed by atoms with Gasteiger partial charge in [-0.15, -0.1) is 0 Å². The predicted molar refractivity (Wildman–Crippen MR) is 102 cm³/mol. The lowest BCUT2D eigenvalue weighted by atomic mass is 9.65. The zero-order chi connectivity index (χ0) is 18.6. The van der Waals surface area contributed by atoms with Crippen LogP contribution < -0.4 is 0 Å². The Morgan fingerprint density at radius 3 is 2.65 bits per heavy atom. The maximum Gasteiger partial charge on any atom is 0.167 e. The summed E-state index contributed by atoms with van der Waals surface area (Å²) in [6, 6.07) is 0. The summed E-state index contributed by atoms with van der Waals surface area (Å²) in [4.78, 5) is 0. The molecule has 0 amide bonds. The zero-order valence-electron chi connectivity index (χ0n) is 17.1. The highest BCUT2D eigenvalue weighted by molar-refractivity contribution is 4.93. The van der Waals surface area contributed by atoms with Gasteiger partial charge in [0.25, 0.3) is 0 Å². The number of ether oxygens (including phenoxy) is 3. The van der Waals surface area contributed by atoms with Crippen LogP contribution in [0.4, 0.5) is 0 Å². The van der Waals surface area contributed by atoms with Gasteiger partial charge in [-0.3, -0.25) is 0 Å². The Bertz CT molecular complexity index is 424. The minimum absolute atomic E-state index is 0.190. The van der Waals surface area contributed by atoms with Gasteiger partial charge in [0.2, 0.25) is 0 Å². The Kier molecular flexibility index (Phi) is 7.40. The number of hydrogen-bond donors (Lipinski definition) is 1. The molecule has 3 rings (SSSR count). The van der Waals surface area contributed by atoms with Crippen molar-refractivity contribution in [1.29, 1.82) is 0 Å². The summed E-state index contributed by atoms with van der Waals surface area (Å²) >= 11 is 0. The second kappa shape index (κ2) is 9.36. The first-order chi connectivity index (χ1) is 12.5. The van der Waals surface area contributed by atoms with Crippen LogP contribution in [-0.4, -0.2) is 30.1 Å². The van der Waals surface area contributed by atoms with Crippen LogP contribution in [0.1, 0.15) is 91.4 Å². The van der Waals surface area contributed by atoms with Gasteiger partial charge in [0.05, 0.1) is 0 Å². The third-order valence-corrected chi connectivity index (χ3v) is 6.97. The van der Waals surface area contributed by atoms with E-state index in [0.29, 0.717) is 30.1 Å². The van der Waals surface area contributed by atoms with Crippen LogP contribution in [0.25, 0.3) is 0 Å². The Morgan fingerprint density at radius 1 is 1.08 bits per heavy atom. The molecule has 0 radical (unpaired) electrons. The molecule has 0 aromatic carbocycles. The lowest BCUT2D eigenvalue weighted by molar-refractivity contribution is -0.368. The van der Waals surface area contributed by atoms with Crippen molar-refractivity contribution in [3.05, 3.63) is 0 Å². The first-order valence-electron chi connectivity index (χ1n) is 11.2.